The van der Waals surface area contributed by atoms with Gasteiger partial charge in [-0.2, -0.15) is 0 Å². The van der Waals surface area contributed by atoms with Crippen molar-refractivity contribution in [2.45, 2.75) is 155 Å². The Morgan fingerprint density at radius 3 is 1.62 bits per heavy atom. The number of aromatic nitrogens is 4. The second-order valence-electron chi connectivity index (χ2n) is 35.8. The Balaban J connectivity index is 0.000000145. The lowest BCUT2D eigenvalue weighted by atomic mass is 9.76. The standard InChI is InChI=1S/C20H19NO4S.C19H23NO4.C19H17NO3S.C18H17N3O3.C18H16N2O3S.C16H17N3O3/c1-11-8-13-9-14(10-26-18(13)17(25-3)12(11)2)19(22)21-16-7-5-4-6-15(16)20(23)24;1-12-8-14-10-15(11-24-16(14)9-13(12)2)17(21)20-19(18(22)23)6-4-3-5-7-19;1-11-8-13-10-17(24-16(13)9-12(11)2)18(21)20(3)15-7-5-4-6-14(15)19(22)23;1-10-6-12-8-13(9-20-15(12)7-11(10)2)17(22)21-16-14(18(23)24)4-3-5-19-16;1-10-5-12-7-13(9-24-16(12)6-11(10)2)17(21)20-15-8-19-4-3-14(15)18(22)23;1-9-6-11-12(7-10(9)2)18-13(8-17-11)14(20)19-16(15(21)22)4-3-5-16/h4-9H,10H2,1-3H3,(H,21,22)(H,23,24);8-10H,3-7,11H2,1-2H3,(H,20,21)(H,22,23);4-10H,1-3H3,(H,22,23);3-8,20H,9H2,1-2H3,(H,23,24)(H,19,21,22);3-8H,9H2,1-2H3,(H,20,21)(H,22,23);6-8H,3-5H2,1-2H3,(H,19,20)(H,21,22). The zero-order valence-corrected chi connectivity index (χ0v) is 84.2. The number of carboxylic acids is 6. The van der Waals surface area contributed by atoms with Gasteiger partial charge in [-0.05, 0) is 325 Å². The molecule has 4 aromatic heterocycles. The normalized spacial score (nSPS) is 14.0. The summed E-state index contributed by atoms with van der Waals surface area (Å²) in [5.74, 6) is -5.62. The molecule has 0 spiro atoms. The number of ether oxygens (including phenoxy) is 2. The minimum absolute atomic E-state index is 0.0225. The first-order valence-corrected chi connectivity index (χ1v) is 48.9. The highest BCUT2D eigenvalue weighted by atomic mass is 32.2. The number of methoxy groups -OCH3 is 1. The molecule has 8 heterocycles. The molecule has 34 heteroatoms. The predicted molar refractivity (Wildman–Crippen MR) is 559 cm³/mol. The van der Waals surface area contributed by atoms with Crippen molar-refractivity contribution < 1.29 is 97.6 Å². The van der Waals surface area contributed by atoms with Gasteiger partial charge in [0.15, 0.2) is 0 Å². The molecule has 6 amide bonds. The van der Waals surface area contributed by atoms with Crippen LogP contribution in [0.3, 0.4) is 0 Å². The SMILES string of the molecule is COc1c(C)c(C)cc2c1SCC(C(=O)Nc1ccccc1C(=O)O)=C2.Cc1cc2c(cc1C)NCC(C(=O)Nc1ncccc1C(=O)O)=C2.Cc1cc2c(cc1C)OCC(C(=O)NC1(C(=O)O)CCCCC1)=C2.Cc1cc2c(cc1C)SCC(C(=O)Nc1cnccc1C(=O)O)=C2.Cc1cc2cc(C(=O)N(C)c3ccccc3C(=O)O)sc2cc1C.Cc1cc2ncc(C(=O)NC3(C(=O)O)CCC3)nc2cc1C. The van der Waals surface area contributed by atoms with E-state index in [9.17, 15) is 83.1 Å². The van der Waals surface area contributed by atoms with Crippen molar-refractivity contribution in [1.29, 1.82) is 0 Å². The quantitative estimate of drug-likeness (QED) is 0.0358. The summed E-state index contributed by atoms with van der Waals surface area (Å²) >= 11 is 4.58. The number of pyridine rings is 2. The Bertz CT molecular complexity index is 7170. The van der Waals surface area contributed by atoms with Crippen LogP contribution in [-0.4, -0.2) is 172 Å². The Morgan fingerprint density at radius 2 is 0.972 bits per heavy atom. The molecule has 742 valence electrons. The number of hydrogen-bond donors (Lipinski definition) is 12. The van der Waals surface area contributed by atoms with Crippen molar-refractivity contribution in [3.63, 3.8) is 0 Å². The molecule has 144 heavy (non-hydrogen) atoms. The minimum atomic E-state index is -1.14. The van der Waals surface area contributed by atoms with Gasteiger partial charge in [0.05, 0.1) is 79.6 Å². The maximum atomic E-state index is 12.8. The molecule has 8 aromatic carbocycles. The van der Waals surface area contributed by atoms with Gasteiger partial charge in [0.25, 0.3) is 35.4 Å². The number of aromatic carboxylic acids is 4. The number of thiophene rings is 1. The van der Waals surface area contributed by atoms with E-state index >= 15 is 0 Å². The highest BCUT2D eigenvalue weighted by Crippen LogP contribution is 2.44. The summed E-state index contributed by atoms with van der Waals surface area (Å²) in [6, 6.07) is 41.3. The van der Waals surface area contributed by atoms with Gasteiger partial charge in [0.1, 0.15) is 46.3 Å². The third kappa shape index (κ3) is 24.6. The fourth-order valence-electron chi connectivity index (χ4n) is 16.5. The van der Waals surface area contributed by atoms with E-state index in [1.54, 1.807) is 80.2 Å². The Morgan fingerprint density at radius 1 is 0.451 bits per heavy atom. The van der Waals surface area contributed by atoms with Crippen molar-refractivity contribution in [1.82, 2.24) is 30.6 Å². The number of nitrogens with one attached hydrogen (secondary N) is 6. The molecule has 2 fully saturated rings. The van der Waals surface area contributed by atoms with Crippen molar-refractivity contribution >= 4 is 180 Å². The van der Waals surface area contributed by atoms with Crippen LogP contribution >= 0.6 is 34.9 Å². The van der Waals surface area contributed by atoms with Crippen LogP contribution in [0.1, 0.15) is 202 Å². The van der Waals surface area contributed by atoms with Gasteiger partial charge in [-0.15, -0.1) is 34.9 Å². The Kier molecular flexibility index (Phi) is 33.5. The summed E-state index contributed by atoms with van der Waals surface area (Å²) < 4.78 is 12.3. The number of thioether (sulfide) groups is 2. The van der Waals surface area contributed by atoms with Crippen LogP contribution in [0.15, 0.2) is 196 Å². The number of amides is 6. The zero-order valence-electron chi connectivity index (χ0n) is 81.7. The largest absolute Gasteiger partial charge is 0.495 e. The molecule has 4 aliphatic heterocycles. The van der Waals surface area contributed by atoms with E-state index in [0.717, 1.165) is 129 Å². The number of carbonyl (C=O) groups is 12. The fourth-order valence-corrected chi connectivity index (χ4v) is 19.9. The molecule has 2 saturated carbocycles. The van der Waals surface area contributed by atoms with Gasteiger partial charge in [0, 0.05) is 75.1 Å². The average Bonchev–Trinajstić information content (AvgIpc) is 1.32. The van der Waals surface area contributed by atoms with Gasteiger partial charge in [-0.3, -0.25) is 38.7 Å². The van der Waals surface area contributed by atoms with Gasteiger partial charge in [0.2, 0.25) is 0 Å². The number of aliphatic carboxylic acids is 2. The van der Waals surface area contributed by atoms with E-state index in [-0.39, 0.29) is 75.6 Å². The molecule has 0 radical (unpaired) electrons. The summed E-state index contributed by atoms with van der Waals surface area (Å²) in [7, 11) is 3.25. The van der Waals surface area contributed by atoms with Gasteiger partial charge in [-0.1, -0.05) is 61.7 Å². The topological polar surface area (TPSA) is 472 Å². The lowest BCUT2D eigenvalue weighted by molar-refractivity contribution is -0.149. The molecule has 0 saturated heterocycles. The molecule has 0 atom stereocenters. The number of rotatable bonds is 19. The number of benzene rings is 8. The number of fused-ring (bicyclic) bond motifs is 6. The summed E-state index contributed by atoms with van der Waals surface area (Å²) in [4.78, 5) is 164. The average molecular weight is 2000 g/mol. The number of para-hydroxylation sites is 2. The van der Waals surface area contributed by atoms with Crippen LogP contribution in [0.4, 0.5) is 28.6 Å². The Labute approximate surface area is 843 Å². The second-order valence-corrected chi connectivity index (χ2v) is 38.9. The number of carboxylic acid groups (broad SMARTS) is 6. The number of hydrogen-bond acceptors (Lipinski definition) is 22. The summed E-state index contributed by atoms with van der Waals surface area (Å²) in [5, 5.41) is 73.3. The predicted octanol–water partition coefficient (Wildman–Crippen LogP) is 20.0. The molecule has 18 rings (SSSR count). The molecule has 12 aromatic rings. The van der Waals surface area contributed by atoms with E-state index in [2.05, 4.69) is 89.1 Å². The first-order chi connectivity index (χ1) is 68.5. The van der Waals surface area contributed by atoms with E-state index in [1.807, 2.05) is 137 Å². The van der Waals surface area contributed by atoms with Crippen LogP contribution in [0.5, 0.6) is 11.5 Å². The third-order valence-electron chi connectivity index (χ3n) is 25.9. The Hall–Kier alpha value is -15.9. The number of nitrogens with zero attached hydrogens (tertiary/aromatic N) is 5. The number of carbonyl (C=O) groups excluding carboxylic acids is 6. The van der Waals surface area contributed by atoms with Crippen LogP contribution in [0, 0.1) is 83.1 Å². The third-order valence-corrected chi connectivity index (χ3v) is 29.3. The molecule has 12 N–H and O–H groups in total. The van der Waals surface area contributed by atoms with Crippen LogP contribution in [0.25, 0.3) is 45.4 Å². The van der Waals surface area contributed by atoms with Crippen molar-refractivity contribution in [2.24, 2.45) is 0 Å². The van der Waals surface area contributed by atoms with Crippen LogP contribution in [-0.2, 0) is 28.8 Å². The van der Waals surface area contributed by atoms with Gasteiger partial charge >= 0.3 is 35.8 Å². The summed E-state index contributed by atoms with van der Waals surface area (Å²) in [6.45, 7) is 24.8. The van der Waals surface area contributed by atoms with Gasteiger partial charge < -0.3 is 76.9 Å². The number of aryl methyl sites for hydroxylation is 11. The highest BCUT2D eigenvalue weighted by Gasteiger charge is 2.46. The molecule has 2 aliphatic carbocycles. The second kappa shape index (κ2) is 45.8. The lowest BCUT2D eigenvalue weighted by Gasteiger charge is -2.38. The summed E-state index contributed by atoms with van der Waals surface area (Å²) in [5.41, 5.74) is 20.9. The van der Waals surface area contributed by atoms with E-state index in [4.69, 9.17) is 14.6 Å². The summed E-state index contributed by atoms with van der Waals surface area (Å²) in [6.07, 6.45) is 18.2. The molecule has 0 unspecified atom stereocenters. The van der Waals surface area contributed by atoms with Crippen molar-refractivity contribution in [3.8, 4) is 11.5 Å². The molecule has 0 bridgehead atoms. The van der Waals surface area contributed by atoms with Crippen LogP contribution < -0.4 is 46.3 Å². The fraction of sp³-hybridized carbons (Fsp3) is 0.255. The minimum Gasteiger partial charge on any atom is -0.495 e. The number of anilines is 5. The molecule has 31 nitrogen and oxygen atoms in total. The van der Waals surface area contributed by atoms with E-state index in [1.165, 1.54) is 99.2 Å². The van der Waals surface area contributed by atoms with Crippen molar-refractivity contribution in [2.75, 3.05) is 65.0 Å². The maximum absolute atomic E-state index is 12.8. The first kappa shape index (κ1) is 105. The lowest BCUT2D eigenvalue weighted by Crippen LogP contribution is -2.59. The molecule has 6 aliphatic rings. The maximum Gasteiger partial charge on any atom is 0.339 e. The smallest absolute Gasteiger partial charge is 0.339 e. The zero-order chi connectivity index (χ0) is 104. The molecular weight excluding hydrogens is 1890 g/mol. The first-order valence-electron chi connectivity index (χ1n) is 46.1. The molecular formula is C110H109N11O20S3. The monoisotopic (exact) mass is 2000 g/mol. The van der Waals surface area contributed by atoms with Crippen molar-refractivity contribution in [3.05, 3.63) is 308 Å². The van der Waals surface area contributed by atoms with Crippen LogP contribution in [0.2, 0.25) is 0 Å². The van der Waals surface area contributed by atoms with E-state index in [0.29, 0.717) is 87.8 Å². The van der Waals surface area contributed by atoms with E-state index < -0.39 is 52.8 Å². The highest BCUT2D eigenvalue weighted by molar-refractivity contribution is 8.00. The van der Waals surface area contributed by atoms with Gasteiger partial charge in [-0.25, -0.2) is 38.7 Å².